The molecule has 52 heavy (non-hydrogen) atoms. The number of hydrogen-bond donors (Lipinski definition) is 0. The third kappa shape index (κ3) is 4.30. The van der Waals surface area contributed by atoms with Gasteiger partial charge in [-0.2, -0.15) is 0 Å². The van der Waals surface area contributed by atoms with Crippen LogP contribution in [0.4, 0.5) is 0 Å². The van der Waals surface area contributed by atoms with E-state index >= 15 is 0 Å². The zero-order valence-electron chi connectivity index (χ0n) is 28.1. The molecule has 0 bridgehead atoms. The van der Waals surface area contributed by atoms with Gasteiger partial charge in [0.15, 0.2) is 11.5 Å². The lowest BCUT2D eigenvalue weighted by atomic mass is 9.84. The van der Waals surface area contributed by atoms with Crippen molar-refractivity contribution in [1.29, 1.82) is 0 Å². The minimum atomic E-state index is 0.804. The molecule has 1 aliphatic heterocycles. The Morgan fingerprint density at radius 1 is 0.423 bits per heavy atom. The number of para-hydroxylation sites is 2. The number of hydrogen-bond acceptors (Lipinski definition) is 2. The highest BCUT2D eigenvalue weighted by Gasteiger charge is 2.29. The fraction of sp³-hybridized carbons (Fsp3) is 0. The zero-order chi connectivity index (χ0) is 34.2. The van der Waals surface area contributed by atoms with Crippen LogP contribution in [0.2, 0.25) is 0 Å². The molecule has 0 spiro atoms. The molecule has 0 atom stereocenters. The predicted octanol–water partition coefficient (Wildman–Crippen LogP) is 13.3. The largest absolute Gasteiger partial charge is 0.452 e. The van der Waals surface area contributed by atoms with Crippen molar-refractivity contribution in [1.82, 2.24) is 9.55 Å². The number of aromatic nitrogens is 2. The maximum absolute atomic E-state index is 7.00. The quantitative estimate of drug-likeness (QED) is 0.175. The lowest BCUT2D eigenvalue weighted by Gasteiger charge is -2.25. The summed E-state index contributed by atoms with van der Waals surface area (Å²) < 4.78 is 9.28. The first-order valence-electron chi connectivity index (χ1n) is 17.7. The van der Waals surface area contributed by atoms with E-state index in [0.29, 0.717) is 0 Å². The molecule has 0 aliphatic carbocycles. The fourth-order valence-corrected chi connectivity index (χ4v) is 8.24. The molecule has 0 unspecified atom stereocenters. The van der Waals surface area contributed by atoms with Crippen molar-refractivity contribution in [2.75, 3.05) is 0 Å². The van der Waals surface area contributed by atoms with Crippen LogP contribution in [0.5, 0.6) is 11.5 Å². The van der Waals surface area contributed by atoms with Gasteiger partial charge in [0.2, 0.25) is 0 Å². The van der Waals surface area contributed by atoms with Crippen LogP contribution in [0.25, 0.3) is 93.8 Å². The highest BCUT2D eigenvalue weighted by molar-refractivity contribution is 6.23. The van der Waals surface area contributed by atoms with E-state index in [2.05, 4.69) is 174 Å². The van der Waals surface area contributed by atoms with E-state index < -0.39 is 0 Å². The van der Waals surface area contributed by atoms with Gasteiger partial charge in [-0.05, 0) is 84.9 Å². The summed E-state index contributed by atoms with van der Waals surface area (Å²) in [6, 6.07) is 65.0. The van der Waals surface area contributed by atoms with Crippen LogP contribution in [0.15, 0.2) is 182 Å². The van der Waals surface area contributed by atoms with E-state index in [4.69, 9.17) is 9.72 Å². The molecule has 1 aromatic heterocycles. The minimum absolute atomic E-state index is 0.804. The molecule has 0 N–H and O–H groups in total. The Balaban J connectivity index is 1.25. The van der Waals surface area contributed by atoms with E-state index in [1.165, 1.54) is 54.6 Å². The maximum Gasteiger partial charge on any atom is 0.159 e. The smallest absolute Gasteiger partial charge is 0.159 e. The van der Waals surface area contributed by atoms with E-state index in [9.17, 15) is 0 Å². The maximum atomic E-state index is 7.00. The summed E-state index contributed by atoms with van der Waals surface area (Å²) >= 11 is 0. The van der Waals surface area contributed by atoms with Crippen LogP contribution in [0, 0.1) is 0 Å². The molecule has 9 aromatic carbocycles. The molecular weight excluding hydrogens is 633 g/mol. The molecular formula is C49H30N2O. The first-order chi connectivity index (χ1) is 25.8. The van der Waals surface area contributed by atoms with Gasteiger partial charge in [0, 0.05) is 16.7 Å². The Labute approximate surface area is 300 Å². The van der Waals surface area contributed by atoms with E-state index in [1.807, 2.05) is 12.1 Å². The zero-order valence-corrected chi connectivity index (χ0v) is 28.1. The monoisotopic (exact) mass is 662 g/mol. The molecule has 0 saturated carbocycles. The topological polar surface area (TPSA) is 27.1 Å². The number of imidazole rings is 1. The highest BCUT2D eigenvalue weighted by Crippen LogP contribution is 2.52. The van der Waals surface area contributed by atoms with Crippen LogP contribution in [0.3, 0.4) is 0 Å². The normalized spacial score (nSPS) is 12.0. The first-order valence-corrected chi connectivity index (χ1v) is 17.7. The molecule has 1 aliphatic rings. The van der Waals surface area contributed by atoms with Gasteiger partial charge >= 0.3 is 0 Å². The molecule has 242 valence electrons. The number of rotatable bonds is 4. The van der Waals surface area contributed by atoms with Crippen LogP contribution in [-0.4, -0.2) is 9.55 Å². The third-order valence-corrected chi connectivity index (χ3v) is 10.6. The predicted molar refractivity (Wildman–Crippen MR) is 215 cm³/mol. The second kappa shape index (κ2) is 11.3. The van der Waals surface area contributed by atoms with Gasteiger partial charge in [0.05, 0.1) is 11.2 Å². The van der Waals surface area contributed by atoms with Gasteiger partial charge in [-0.25, -0.2) is 4.98 Å². The molecule has 10 aromatic rings. The lowest BCUT2D eigenvalue weighted by molar-refractivity contribution is 0.478. The van der Waals surface area contributed by atoms with Crippen LogP contribution in [-0.2, 0) is 0 Å². The summed E-state index contributed by atoms with van der Waals surface area (Å²) in [5.74, 6) is 2.53. The number of nitrogens with zero attached hydrogens (tertiary/aromatic N) is 2. The van der Waals surface area contributed by atoms with E-state index in [1.54, 1.807) is 0 Å². The van der Waals surface area contributed by atoms with Gasteiger partial charge in [-0.3, -0.25) is 4.57 Å². The van der Waals surface area contributed by atoms with Crippen molar-refractivity contribution in [2.24, 2.45) is 0 Å². The van der Waals surface area contributed by atoms with E-state index in [0.717, 1.165) is 50.7 Å². The molecule has 0 fully saturated rings. The lowest BCUT2D eigenvalue weighted by Crippen LogP contribution is -2.07. The van der Waals surface area contributed by atoms with Crippen molar-refractivity contribution >= 4 is 43.4 Å². The summed E-state index contributed by atoms with van der Waals surface area (Å²) in [4.78, 5) is 5.15. The molecule has 11 rings (SSSR count). The summed E-state index contributed by atoms with van der Waals surface area (Å²) in [6.45, 7) is 0. The standard InChI is InChI=1S/C49H30N2O/c1-3-13-31(14-4-1)35-27-28-39-41(30-35)46(38-20-10-9-19-37(38)45(39)36-26-25-32-15-7-8-18-34(32)29-36)40-21-11-23-43-48(40)52-44-24-12-22-42-47(44)51(43)49(50-42)33-16-5-2-6-17-33/h1-30H. The SMILES string of the molecule is c1ccc(-c2ccc3c(-c4ccc5ccccc5c4)c4ccccc4c(-c4cccc5c4Oc4cccc6nc(-c7ccccc7)n-5c46)c3c2)cc1. The van der Waals surface area contributed by atoms with Gasteiger partial charge in [0.1, 0.15) is 11.3 Å². The van der Waals surface area contributed by atoms with Crippen LogP contribution >= 0.6 is 0 Å². The van der Waals surface area contributed by atoms with Crippen LogP contribution in [0.1, 0.15) is 0 Å². The average molecular weight is 663 g/mol. The molecule has 0 amide bonds. The third-order valence-electron chi connectivity index (χ3n) is 10.6. The number of benzene rings is 9. The van der Waals surface area contributed by atoms with Crippen molar-refractivity contribution in [2.45, 2.75) is 0 Å². The molecule has 3 nitrogen and oxygen atoms in total. The summed E-state index contributed by atoms with van der Waals surface area (Å²) in [6.07, 6.45) is 0. The number of ether oxygens (including phenoxy) is 1. The van der Waals surface area contributed by atoms with E-state index in [-0.39, 0.29) is 0 Å². The highest BCUT2D eigenvalue weighted by atomic mass is 16.5. The minimum Gasteiger partial charge on any atom is -0.452 e. The fourth-order valence-electron chi connectivity index (χ4n) is 8.24. The molecule has 2 heterocycles. The van der Waals surface area contributed by atoms with Gasteiger partial charge in [-0.1, -0.05) is 152 Å². The summed E-state index contributed by atoms with van der Waals surface area (Å²) in [5, 5.41) is 7.23. The average Bonchev–Trinajstić information content (AvgIpc) is 3.61. The summed E-state index contributed by atoms with van der Waals surface area (Å²) in [5.41, 5.74) is 10.9. The Morgan fingerprint density at radius 2 is 1.10 bits per heavy atom. The molecule has 3 heteroatoms. The number of fused-ring (bicyclic) bond motifs is 5. The van der Waals surface area contributed by atoms with Crippen molar-refractivity contribution in [3.63, 3.8) is 0 Å². The van der Waals surface area contributed by atoms with Crippen molar-refractivity contribution in [3.8, 4) is 62.0 Å². The van der Waals surface area contributed by atoms with Crippen molar-refractivity contribution in [3.05, 3.63) is 182 Å². The van der Waals surface area contributed by atoms with Gasteiger partial charge in [-0.15, -0.1) is 0 Å². The second-order valence-corrected chi connectivity index (χ2v) is 13.5. The van der Waals surface area contributed by atoms with Gasteiger partial charge in [0.25, 0.3) is 0 Å². The first kappa shape index (κ1) is 28.8. The Kier molecular flexibility index (Phi) is 6.25. The molecule has 0 saturated heterocycles. The van der Waals surface area contributed by atoms with Crippen molar-refractivity contribution < 1.29 is 4.74 Å². The Bertz CT molecular complexity index is 3030. The second-order valence-electron chi connectivity index (χ2n) is 13.5. The molecule has 0 radical (unpaired) electrons. The summed E-state index contributed by atoms with van der Waals surface area (Å²) in [7, 11) is 0. The van der Waals surface area contributed by atoms with Crippen LogP contribution < -0.4 is 4.74 Å². The Morgan fingerprint density at radius 3 is 1.92 bits per heavy atom. The van der Waals surface area contributed by atoms with Gasteiger partial charge < -0.3 is 4.74 Å². The Hall–Kier alpha value is -6.97.